The molecule has 2 atom stereocenters. The topological polar surface area (TPSA) is 54.9 Å². The first-order valence-electron chi connectivity index (χ1n) is 10.1. The molecule has 0 fully saturated rings. The summed E-state index contributed by atoms with van der Waals surface area (Å²) in [4.78, 5) is 13.2. The van der Waals surface area contributed by atoms with Gasteiger partial charge in [0, 0.05) is 11.5 Å². The molecule has 0 aromatic heterocycles. The Morgan fingerprint density at radius 3 is 2.14 bits per heavy atom. The van der Waals surface area contributed by atoms with Gasteiger partial charge in [-0.1, -0.05) is 79.7 Å². The summed E-state index contributed by atoms with van der Waals surface area (Å²) in [5.41, 5.74) is 2.96. The summed E-state index contributed by atoms with van der Waals surface area (Å²) in [7, 11) is 0. The van der Waals surface area contributed by atoms with Gasteiger partial charge < -0.3 is 15.4 Å². The SMILES string of the molecule is CCOc1ccccc1NC(=O)[C@@H]([NH2+]C[C@@H](C)c1ccccc1)c1ccccc1. The molecule has 0 aliphatic heterocycles. The van der Waals surface area contributed by atoms with Crippen molar-refractivity contribution in [2.45, 2.75) is 25.8 Å². The minimum absolute atomic E-state index is 0.0522. The maximum absolute atomic E-state index is 13.2. The molecule has 3 aromatic rings. The van der Waals surface area contributed by atoms with Crippen molar-refractivity contribution in [3.05, 3.63) is 96.1 Å². The molecule has 0 radical (unpaired) electrons. The van der Waals surface area contributed by atoms with Crippen LogP contribution in [0.15, 0.2) is 84.9 Å². The van der Waals surface area contributed by atoms with E-state index in [-0.39, 0.29) is 11.9 Å². The number of carbonyl (C=O) groups is 1. The lowest BCUT2D eigenvalue weighted by molar-refractivity contribution is -0.684. The van der Waals surface area contributed by atoms with Crippen LogP contribution in [0, 0.1) is 0 Å². The molecule has 4 nitrogen and oxygen atoms in total. The number of rotatable bonds is 9. The average Bonchev–Trinajstić information content (AvgIpc) is 2.76. The molecule has 0 spiro atoms. The predicted molar refractivity (Wildman–Crippen MR) is 117 cm³/mol. The van der Waals surface area contributed by atoms with Crippen molar-refractivity contribution >= 4 is 11.6 Å². The van der Waals surface area contributed by atoms with E-state index in [1.54, 1.807) is 0 Å². The van der Waals surface area contributed by atoms with Crippen LogP contribution in [-0.2, 0) is 4.79 Å². The number of hydrogen-bond acceptors (Lipinski definition) is 2. The third-order valence-electron chi connectivity index (χ3n) is 4.98. The summed E-state index contributed by atoms with van der Waals surface area (Å²) in [5.74, 6) is 0.974. The van der Waals surface area contributed by atoms with Gasteiger partial charge in [-0.2, -0.15) is 0 Å². The van der Waals surface area contributed by atoms with Crippen molar-refractivity contribution in [1.29, 1.82) is 0 Å². The monoisotopic (exact) mass is 389 g/mol. The van der Waals surface area contributed by atoms with E-state index in [9.17, 15) is 4.79 Å². The number of nitrogens with one attached hydrogen (secondary N) is 1. The van der Waals surface area contributed by atoms with Crippen LogP contribution in [-0.4, -0.2) is 19.1 Å². The highest BCUT2D eigenvalue weighted by Gasteiger charge is 2.25. The fraction of sp³-hybridized carbons (Fsp3) is 0.240. The molecule has 0 saturated carbocycles. The third-order valence-corrected chi connectivity index (χ3v) is 4.98. The van der Waals surface area contributed by atoms with E-state index in [0.29, 0.717) is 24.0 Å². The molecule has 0 unspecified atom stereocenters. The fourth-order valence-electron chi connectivity index (χ4n) is 3.37. The average molecular weight is 390 g/mol. The van der Waals surface area contributed by atoms with Gasteiger partial charge in [0.1, 0.15) is 5.75 Å². The van der Waals surface area contributed by atoms with Gasteiger partial charge >= 0.3 is 0 Å². The summed E-state index contributed by atoms with van der Waals surface area (Å²) in [6.07, 6.45) is 0. The van der Waals surface area contributed by atoms with Gasteiger partial charge in [-0.3, -0.25) is 4.79 Å². The minimum atomic E-state index is -0.336. The van der Waals surface area contributed by atoms with E-state index < -0.39 is 0 Å². The van der Waals surface area contributed by atoms with Gasteiger partial charge in [-0.05, 0) is 24.6 Å². The van der Waals surface area contributed by atoms with Gasteiger partial charge in [0.2, 0.25) is 0 Å². The summed E-state index contributed by atoms with van der Waals surface area (Å²) >= 11 is 0. The van der Waals surface area contributed by atoms with E-state index >= 15 is 0 Å². The first-order chi connectivity index (χ1) is 14.2. The summed E-state index contributed by atoms with van der Waals surface area (Å²) in [5, 5.41) is 5.18. The van der Waals surface area contributed by atoms with Crippen molar-refractivity contribution < 1.29 is 14.8 Å². The molecule has 3 aromatic carbocycles. The minimum Gasteiger partial charge on any atom is -0.492 e. The van der Waals surface area contributed by atoms with E-state index in [1.165, 1.54) is 5.56 Å². The van der Waals surface area contributed by atoms with Crippen LogP contribution in [0.4, 0.5) is 5.69 Å². The number of quaternary nitrogens is 1. The maximum atomic E-state index is 13.2. The van der Waals surface area contributed by atoms with E-state index in [4.69, 9.17) is 4.74 Å². The van der Waals surface area contributed by atoms with E-state index in [2.05, 4.69) is 41.8 Å². The van der Waals surface area contributed by atoms with Crippen molar-refractivity contribution in [2.75, 3.05) is 18.5 Å². The number of hydrogen-bond donors (Lipinski definition) is 2. The van der Waals surface area contributed by atoms with Gasteiger partial charge in [0.25, 0.3) is 5.91 Å². The standard InChI is InChI=1S/C25H28N2O2/c1-3-29-23-17-11-10-16-22(23)27-25(28)24(21-14-8-5-9-15-21)26-18-19(2)20-12-6-4-7-13-20/h4-17,19,24,26H,3,18H2,1-2H3,(H,27,28)/p+1/t19-,24+/m1/s1. The first-order valence-corrected chi connectivity index (χ1v) is 10.1. The quantitative estimate of drug-likeness (QED) is 0.578. The Kier molecular flexibility index (Phi) is 7.42. The molecule has 4 heteroatoms. The number of para-hydroxylation sites is 2. The zero-order valence-electron chi connectivity index (χ0n) is 17.0. The Bertz CT molecular complexity index is 897. The number of anilines is 1. The Hall–Kier alpha value is -3.11. The maximum Gasteiger partial charge on any atom is 0.287 e. The predicted octanol–water partition coefficient (Wildman–Crippen LogP) is 4.13. The lowest BCUT2D eigenvalue weighted by Gasteiger charge is -2.19. The highest BCUT2D eigenvalue weighted by Crippen LogP contribution is 2.25. The van der Waals surface area contributed by atoms with Crippen LogP contribution < -0.4 is 15.4 Å². The Morgan fingerprint density at radius 1 is 0.897 bits per heavy atom. The first kappa shape index (κ1) is 20.6. The van der Waals surface area contributed by atoms with Crippen molar-refractivity contribution in [3.8, 4) is 5.75 Å². The molecule has 3 N–H and O–H groups in total. The molecule has 150 valence electrons. The van der Waals surface area contributed by atoms with Crippen LogP contribution in [0.5, 0.6) is 5.75 Å². The smallest absolute Gasteiger partial charge is 0.287 e. The van der Waals surface area contributed by atoms with Gasteiger partial charge in [-0.25, -0.2) is 0 Å². The molecule has 0 saturated heterocycles. The van der Waals surface area contributed by atoms with Gasteiger partial charge in [0.05, 0.1) is 18.8 Å². The second kappa shape index (κ2) is 10.4. The van der Waals surface area contributed by atoms with Gasteiger partial charge in [-0.15, -0.1) is 0 Å². The molecule has 0 bridgehead atoms. The highest BCUT2D eigenvalue weighted by atomic mass is 16.5. The molecule has 0 aliphatic rings. The second-order valence-electron chi connectivity index (χ2n) is 7.09. The summed E-state index contributed by atoms with van der Waals surface area (Å²) in [6.45, 7) is 5.49. The normalized spacial score (nSPS) is 12.8. The van der Waals surface area contributed by atoms with Crippen LogP contribution in [0.1, 0.15) is 36.9 Å². The van der Waals surface area contributed by atoms with Crippen LogP contribution in [0.2, 0.25) is 0 Å². The number of amides is 1. The zero-order valence-corrected chi connectivity index (χ0v) is 17.0. The molecule has 1 amide bonds. The highest BCUT2D eigenvalue weighted by molar-refractivity contribution is 5.95. The van der Waals surface area contributed by atoms with Crippen molar-refractivity contribution in [2.24, 2.45) is 0 Å². The molecule has 29 heavy (non-hydrogen) atoms. The lowest BCUT2D eigenvalue weighted by atomic mass is 9.99. The van der Waals surface area contributed by atoms with E-state index in [0.717, 1.165) is 12.1 Å². The van der Waals surface area contributed by atoms with Crippen molar-refractivity contribution in [3.63, 3.8) is 0 Å². The number of carbonyl (C=O) groups excluding carboxylic acids is 1. The van der Waals surface area contributed by atoms with Crippen LogP contribution in [0.25, 0.3) is 0 Å². The van der Waals surface area contributed by atoms with Crippen LogP contribution in [0.3, 0.4) is 0 Å². The molecule has 0 aliphatic carbocycles. The van der Waals surface area contributed by atoms with Gasteiger partial charge in [0.15, 0.2) is 6.04 Å². The van der Waals surface area contributed by atoms with Crippen molar-refractivity contribution in [1.82, 2.24) is 0 Å². The number of nitrogens with two attached hydrogens (primary N) is 1. The Labute approximate surface area is 172 Å². The molecule has 3 rings (SSSR count). The summed E-state index contributed by atoms with van der Waals surface area (Å²) in [6, 6.07) is 27.5. The molecular weight excluding hydrogens is 360 g/mol. The third kappa shape index (κ3) is 5.69. The molecular formula is C25H29N2O2+. The van der Waals surface area contributed by atoms with E-state index in [1.807, 2.05) is 67.6 Å². The second-order valence-corrected chi connectivity index (χ2v) is 7.09. The fourth-order valence-corrected chi connectivity index (χ4v) is 3.37. The number of ether oxygens (including phenoxy) is 1. The lowest BCUT2D eigenvalue weighted by Crippen LogP contribution is -2.88. The Balaban J connectivity index is 1.76. The largest absolute Gasteiger partial charge is 0.492 e. The Morgan fingerprint density at radius 2 is 1.48 bits per heavy atom. The summed E-state index contributed by atoms with van der Waals surface area (Å²) < 4.78 is 5.65. The van der Waals surface area contributed by atoms with Crippen LogP contribution >= 0.6 is 0 Å². The molecule has 0 heterocycles. The zero-order chi connectivity index (χ0) is 20.5. The number of benzene rings is 3.